The Morgan fingerprint density at radius 1 is 1.14 bits per heavy atom. The molecule has 3 aromatic heterocycles. The maximum atomic E-state index is 12.4. The number of nitrogens with zero attached hydrogens (tertiary/aromatic N) is 5. The lowest BCUT2D eigenvalue weighted by atomic mass is 10.0. The SMILES string of the molecule is COCCNC(=O)[C@@H]1CC[C@@H](Cc2ncc3c(Br)nn(-c4ccc(-c5ccncc5)cc4)c3n2)C1. The second-order valence-corrected chi connectivity index (χ2v) is 9.62. The molecule has 0 aliphatic heterocycles. The summed E-state index contributed by atoms with van der Waals surface area (Å²) in [5, 5.41) is 8.49. The van der Waals surface area contributed by atoms with Gasteiger partial charge in [0.05, 0.1) is 17.7 Å². The molecule has 0 radical (unpaired) electrons. The Hall–Kier alpha value is -3.17. The van der Waals surface area contributed by atoms with Gasteiger partial charge in [0, 0.05) is 44.6 Å². The summed E-state index contributed by atoms with van der Waals surface area (Å²) in [5.74, 6) is 1.35. The first kappa shape index (κ1) is 23.6. The van der Waals surface area contributed by atoms with E-state index in [1.54, 1.807) is 19.5 Å². The first-order chi connectivity index (χ1) is 17.1. The average Bonchev–Trinajstić information content (AvgIpc) is 3.49. The number of carbonyl (C=O) groups is 1. The van der Waals surface area contributed by atoms with E-state index < -0.39 is 0 Å². The minimum Gasteiger partial charge on any atom is -0.383 e. The second-order valence-electron chi connectivity index (χ2n) is 8.87. The third kappa shape index (κ3) is 5.26. The van der Waals surface area contributed by atoms with Crippen LogP contribution < -0.4 is 5.32 Å². The fraction of sp³-hybridized carbons (Fsp3) is 0.346. The third-order valence-corrected chi connectivity index (χ3v) is 7.13. The highest BCUT2D eigenvalue weighted by Gasteiger charge is 2.30. The fourth-order valence-electron chi connectivity index (χ4n) is 4.70. The minimum absolute atomic E-state index is 0.0548. The second kappa shape index (κ2) is 10.6. The number of pyridine rings is 1. The van der Waals surface area contributed by atoms with Gasteiger partial charge in [-0.3, -0.25) is 9.78 Å². The Kier molecular flexibility index (Phi) is 7.15. The van der Waals surface area contributed by atoms with Crippen LogP contribution in [0.1, 0.15) is 25.1 Å². The number of aromatic nitrogens is 5. The van der Waals surface area contributed by atoms with E-state index in [4.69, 9.17) is 9.72 Å². The summed E-state index contributed by atoms with van der Waals surface area (Å²) in [6.45, 7) is 1.09. The van der Waals surface area contributed by atoms with Crippen molar-refractivity contribution in [2.75, 3.05) is 20.3 Å². The molecular weight excluding hydrogens is 508 g/mol. The van der Waals surface area contributed by atoms with Crippen molar-refractivity contribution in [1.82, 2.24) is 30.0 Å². The quantitative estimate of drug-likeness (QED) is 0.337. The molecule has 180 valence electrons. The lowest BCUT2D eigenvalue weighted by molar-refractivity contribution is -0.125. The largest absolute Gasteiger partial charge is 0.383 e. The van der Waals surface area contributed by atoms with Gasteiger partial charge in [-0.15, -0.1) is 0 Å². The van der Waals surface area contributed by atoms with E-state index in [0.717, 1.165) is 59.4 Å². The normalized spacial score (nSPS) is 17.7. The molecule has 35 heavy (non-hydrogen) atoms. The summed E-state index contributed by atoms with van der Waals surface area (Å²) in [6.07, 6.45) is 8.93. The monoisotopic (exact) mass is 534 g/mol. The first-order valence-electron chi connectivity index (χ1n) is 11.8. The number of nitrogens with one attached hydrogen (secondary N) is 1. The van der Waals surface area contributed by atoms with Crippen LogP contribution in [0, 0.1) is 11.8 Å². The lowest BCUT2D eigenvalue weighted by Gasteiger charge is -2.12. The maximum Gasteiger partial charge on any atom is 0.223 e. The number of benzene rings is 1. The average molecular weight is 535 g/mol. The van der Waals surface area contributed by atoms with Crippen molar-refractivity contribution >= 4 is 32.9 Å². The molecule has 0 bridgehead atoms. The zero-order valence-corrected chi connectivity index (χ0v) is 21.1. The molecule has 1 aliphatic rings. The van der Waals surface area contributed by atoms with Crippen molar-refractivity contribution in [3.8, 4) is 16.8 Å². The van der Waals surface area contributed by atoms with Crippen molar-refractivity contribution in [1.29, 1.82) is 0 Å². The van der Waals surface area contributed by atoms with Gasteiger partial charge in [0.25, 0.3) is 0 Å². The number of rotatable bonds is 8. The number of ether oxygens (including phenoxy) is 1. The van der Waals surface area contributed by atoms with E-state index >= 15 is 0 Å². The number of carbonyl (C=O) groups excluding carboxylic acids is 1. The van der Waals surface area contributed by atoms with Gasteiger partial charge in [-0.1, -0.05) is 12.1 Å². The Morgan fingerprint density at radius 3 is 2.69 bits per heavy atom. The van der Waals surface area contributed by atoms with Crippen LogP contribution in [0.4, 0.5) is 0 Å². The molecule has 0 saturated heterocycles. The van der Waals surface area contributed by atoms with Gasteiger partial charge in [-0.05, 0) is 76.5 Å². The van der Waals surface area contributed by atoms with Crippen LogP contribution in [0.15, 0.2) is 59.6 Å². The van der Waals surface area contributed by atoms with Crippen molar-refractivity contribution in [2.24, 2.45) is 11.8 Å². The molecule has 1 aromatic carbocycles. The highest BCUT2D eigenvalue weighted by Crippen LogP contribution is 2.33. The summed E-state index contributed by atoms with van der Waals surface area (Å²) in [6, 6.07) is 12.2. The molecule has 8 nitrogen and oxygen atoms in total. The fourth-order valence-corrected chi connectivity index (χ4v) is 5.14. The smallest absolute Gasteiger partial charge is 0.223 e. The van der Waals surface area contributed by atoms with Gasteiger partial charge in [0.2, 0.25) is 5.91 Å². The first-order valence-corrected chi connectivity index (χ1v) is 12.6. The number of amides is 1. The number of hydrogen-bond acceptors (Lipinski definition) is 6. The number of halogens is 1. The number of fused-ring (bicyclic) bond motifs is 1. The summed E-state index contributed by atoms with van der Waals surface area (Å²) in [7, 11) is 1.64. The Morgan fingerprint density at radius 2 is 1.91 bits per heavy atom. The molecule has 5 rings (SSSR count). The van der Waals surface area contributed by atoms with Crippen LogP contribution in [0.2, 0.25) is 0 Å². The lowest BCUT2D eigenvalue weighted by Crippen LogP contribution is -2.32. The van der Waals surface area contributed by atoms with Crippen LogP contribution in [-0.2, 0) is 16.0 Å². The van der Waals surface area contributed by atoms with E-state index in [-0.39, 0.29) is 11.8 Å². The molecule has 4 aromatic rings. The summed E-state index contributed by atoms with van der Waals surface area (Å²) < 4.78 is 7.58. The summed E-state index contributed by atoms with van der Waals surface area (Å²) >= 11 is 3.56. The zero-order chi connectivity index (χ0) is 24.2. The molecule has 1 amide bonds. The van der Waals surface area contributed by atoms with Crippen molar-refractivity contribution in [3.05, 3.63) is 65.4 Å². The highest BCUT2D eigenvalue weighted by atomic mass is 79.9. The maximum absolute atomic E-state index is 12.4. The Bertz CT molecular complexity index is 1310. The Balaban J connectivity index is 1.32. The van der Waals surface area contributed by atoms with Gasteiger partial charge in [0.1, 0.15) is 10.4 Å². The standard InChI is InChI=1S/C26H27BrN6O2/c1-35-13-12-29-26(34)20-3-2-17(14-20)15-23-30-16-22-24(27)32-33(25(22)31-23)21-6-4-18(5-7-21)19-8-10-28-11-9-19/h4-11,16-17,20H,2-3,12-15H2,1H3,(H,29,34)/t17-,20-/m1/s1. The van der Waals surface area contributed by atoms with E-state index in [0.29, 0.717) is 23.7 Å². The van der Waals surface area contributed by atoms with Crippen LogP contribution in [0.25, 0.3) is 27.8 Å². The summed E-state index contributed by atoms with van der Waals surface area (Å²) in [5.41, 5.74) is 3.93. The molecule has 1 N–H and O–H groups in total. The van der Waals surface area contributed by atoms with E-state index in [2.05, 4.69) is 48.4 Å². The third-order valence-electron chi connectivity index (χ3n) is 6.54. The van der Waals surface area contributed by atoms with E-state index in [1.807, 2.05) is 35.1 Å². The highest BCUT2D eigenvalue weighted by molar-refractivity contribution is 9.10. The van der Waals surface area contributed by atoms with Crippen molar-refractivity contribution in [2.45, 2.75) is 25.7 Å². The van der Waals surface area contributed by atoms with Crippen molar-refractivity contribution in [3.63, 3.8) is 0 Å². The zero-order valence-electron chi connectivity index (χ0n) is 19.5. The molecule has 1 saturated carbocycles. The van der Waals surface area contributed by atoms with Crippen LogP contribution >= 0.6 is 15.9 Å². The van der Waals surface area contributed by atoms with Crippen molar-refractivity contribution < 1.29 is 9.53 Å². The van der Waals surface area contributed by atoms with Gasteiger partial charge >= 0.3 is 0 Å². The minimum atomic E-state index is 0.0548. The topological polar surface area (TPSA) is 94.8 Å². The van der Waals surface area contributed by atoms with Crippen LogP contribution in [-0.4, -0.2) is 50.9 Å². The molecule has 2 atom stereocenters. The number of hydrogen-bond donors (Lipinski definition) is 1. The number of methoxy groups -OCH3 is 1. The molecule has 1 aliphatic carbocycles. The van der Waals surface area contributed by atoms with E-state index in [1.165, 1.54) is 0 Å². The van der Waals surface area contributed by atoms with Gasteiger partial charge in [-0.2, -0.15) is 5.10 Å². The predicted molar refractivity (Wildman–Crippen MR) is 137 cm³/mol. The van der Waals surface area contributed by atoms with Crippen LogP contribution in [0.5, 0.6) is 0 Å². The molecule has 3 heterocycles. The molecule has 0 spiro atoms. The summed E-state index contributed by atoms with van der Waals surface area (Å²) in [4.78, 5) is 26.0. The van der Waals surface area contributed by atoms with Gasteiger partial charge in [0.15, 0.2) is 5.65 Å². The van der Waals surface area contributed by atoms with Gasteiger partial charge < -0.3 is 10.1 Å². The predicted octanol–water partition coefficient (Wildman–Crippen LogP) is 4.36. The van der Waals surface area contributed by atoms with Gasteiger partial charge in [-0.25, -0.2) is 14.6 Å². The van der Waals surface area contributed by atoms with Crippen LogP contribution in [0.3, 0.4) is 0 Å². The Labute approximate surface area is 212 Å². The molecule has 9 heteroatoms. The molecular formula is C26H27BrN6O2. The van der Waals surface area contributed by atoms with E-state index in [9.17, 15) is 4.79 Å². The molecule has 0 unspecified atom stereocenters. The molecule has 1 fully saturated rings.